The lowest BCUT2D eigenvalue weighted by Crippen LogP contribution is -2.11. The maximum Gasteiger partial charge on any atom is 0.275 e. The zero-order chi connectivity index (χ0) is 17.9. The SMILES string of the molecule is Cc1ccc(-c2nc(-c3ccc(NC(=O)c4cscn4)cc3)n[nH]2)cc1. The Balaban J connectivity index is 1.50. The minimum absolute atomic E-state index is 0.224. The van der Waals surface area contributed by atoms with Gasteiger partial charge < -0.3 is 5.32 Å². The monoisotopic (exact) mass is 361 g/mol. The summed E-state index contributed by atoms with van der Waals surface area (Å²) in [4.78, 5) is 20.6. The van der Waals surface area contributed by atoms with E-state index in [1.54, 1.807) is 10.9 Å². The number of aryl methyl sites for hydroxylation is 1. The van der Waals surface area contributed by atoms with Crippen LogP contribution in [0, 0.1) is 6.92 Å². The van der Waals surface area contributed by atoms with Gasteiger partial charge in [0.1, 0.15) is 5.69 Å². The molecule has 0 aliphatic heterocycles. The van der Waals surface area contributed by atoms with E-state index in [0.29, 0.717) is 17.2 Å². The molecule has 0 aliphatic rings. The first-order valence-corrected chi connectivity index (χ1v) is 8.93. The van der Waals surface area contributed by atoms with Gasteiger partial charge in [0.25, 0.3) is 5.91 Å². The van der Waals surface area contributed by atoms with Crippen LogP contribution in [0.4, 0.5) is 5.69 Å². The summed E-state index contributed by atoms with van der Waals surface area (Å²) in [5, 5.41) is 11.8. The van der Waals surface area contributed by atoms with E-state index in [4.69, 9.17) is 0 Å². The fourth-order valence-corrected chi connectivity index (χ4v) is 2.99. The summed E-state index contributed by atoms with van der Waals surface area (Å²) in [6, 6.07) is 15.5. The third-order valence-electron chi connectivity index (χ3n) is 3.88. The first-order valence-electron chi connectivity index (χ1n) is 7.98. The second-order valence-electron chi connectivity index (χ2n) is 5.78. The number of aromatic amines is 1. The normalized spacial score (nSPS) is 10.7. The van der Waals surface area contributed by atoms with Gasteiger partial charge in [-0.2, -0.15) is 5.10 Å². The van der Waals surface area contributed by atoms with Crippen molar-refractivity contribution >= 4 is 22.9 Å². The Morgan fingerprint density at radius 1 is 1.04 bits per heavy atom. The topological polar surface area (TPSA) is 83.6 Å². The molecule has 128 valence electrons. The Morgan fingerprint density at radius 2 is 1.77 bits per heavy atom. The maximum absolute atomic E-state index is 12.0. The van der Waals surface area contributed by atoms with Gasteiger partial charge in [0.05, 0.1) is 5.51 Å². The molecule has 2 aromatic heterocycles. The third-order valence-corrected chi connectivity index (χ3v) is 4.46. The van der Waals surface area contributed by atoms with Crippen molar-refractivity contribution in [3.05, 3.63) is 70.7 Å². The van der Waals surface area contributed by atoms with E-state index in [0.717, 1.165) is 17.0 Å². The number of thiazole rings is 1. The van der Waals surface area contributed by atoms with Crippen LogP contribution >= 0.6 is 11.3 Å². The van der Waals surface area contributed by atoms with Crippen molar-refractivity contribution in [1.29, 1.82) is 0 Å². The number of rotatable bonds is 4. The molecule has 2 N–H and O–H groups in total. The van der Waals surface area contributed by atoms with E-state index >= 15 is 0 Å². The van der Waals surface area contributed by atoms with Gasteiger partial charge >= 0.3 is 0 Å². The average molecular weight is 361 g/mol. The molecule has 0 spiro atoms. The third kappa shape index (κ3) is 3.38. The molecule has 0 saturated heterocycles. The molecule has 0 unspecified atom stereocenters. The van der Waals surface area contributed by atoms with Crippen LogP contribution < -0.4 is 5.32 Å². The quantitative estimate of drug-likeness (QED) is 0.572. The maximum atomic E-state index is 12.0. The second-order valence-corrected chi connectivity index (χ2v) is 6.50. The highest BCUT2D eigenvalue weighted by Crippen LogP contribution is 2.22. The smallest absolute Gasteiger partial charge is 0.275 e. The molecule has 0 saturated carbocycles. The standard InChI is InChI=1S/C19H15N5OS/c1-12-2-4-13(5-3-12)17-22-18(24-23-17)14-6-8-15(9-7-14)21-19(25)16-10-26-11-20-16/h2-11H,1H3,(H,21,25)(H,22,23,24). The molecule has 0 radical (unpaired) electrons. The highest BCUT2D eigenvalue weighted by Gasteiger charge is 2.10. The number of carbonyl (C=O) groups excluding carboxylic acids is 1. The molecule has 2 aromatic carbocycles. The Kier molecular flexibility index (Phi) is 4.28. The van der Waals surface area contributed by atoms with Crippen LogP contribution in [0.15, 0.2) is 59.4 Å². The summed E-state index contributed by atoms with van der Waals surface area (Å²) < 4.78 is 0. The molecule has 0 bridgehead atoms. The van der Waals surface area contributed by atoms with Gasteiger partial charge in [-0.3, -0.25) is 9.89 Å². The average Bonchev–Trinajstić information content (AvgIpc) is 3.35. The Morgan fingerprint density at radius 3 is 2.46 bits per heavy atom. The molecule has 7 heteroatoms. The predicted octanol–water partition coefficient (Wildman–Crippen LogP) is 4.16. The van der Waals surface area contributed by atoms with E-state index < -0.39 is 0 Å². The van der Waals surface area contributed by atoms with Crippen LogP contribution in [0.5, 0.6) is 0 Å². The van der Waals surface area contributed by atoms with E-state index in [-0.39, 0.29) is 5.91 Å². The largest absolute Gasteiger partial charge is 0.321 e. The molecule has 0 aliphatic carbocycles. The van der Waals surface area contributed by atoms with Crippen LogP contribution in [0.3, 0.4) is 0 Å². The fourth-order valence-electron chi connectivity index (χ4n) is 2.45. The molecule has 1 amide bonds. The fraction of sp³-hybridized carbons (Fsp3) is 0.0526. The van der Waals surface area contributed by atoms with Crippen molar-refractivity contribution in [3.63, 3.8) is 0 Å². The summed E-state index contributed by atoms with van der Waals surface area (Å²) in [7, 11) is 0. The highest BCUT2D eigenvalue weighted by atomic mass is 32.1. The number of nitrogens with zero attached hydrogens (tertiary/aromatic N) is 3. The second kappa shape index (κ2) is 6.89. The summed E-state index contributed by atoms with van der Waals surface area (Å²) in [6.07, 6.45) is 0. The Labute approximate surface area is 154 Å². The molecule has 2 heterocycles. The van der Waals surface area contributed by atoms with Gasteiger partial charge in [0, 0.05) is 22.2 Å². The molecule has 6 nitrogen and oxygen atoms in total. The number of carbonyl (C=O) groups is 1. The van der Waals surface area contributed by atoms with Crippen LogP contribution in [0.25, 0.3) is 22.8 Å². The van der Waals surface area contributed by atoms with Gasteiger partial charge in [-0.1, -0.05) is 29.8 Å². The number of anilines is 1. The van der Waals surface area contributed by atoms with Crippen LogP contribution in [-0.4, -0.2) is 26.1 Å². The number of hydrogen-bond donors (Lipinski definition) is 2. The van der Waals surface area contributed by atoms with Crippen LogP contribution in [-0.2, 0) is 0 Å². The number of nitrogens with one attached hydrogen (secondary N) is 2. The number of amides is 1. The van der Waals surface area contributed by atoms with E-state index in [9.17, 15) is 4.79 Å². The lowest BCUT2D eigenvalue weighted by Gasteiger charge is -2.03. The van der Waals surface area contributed by atoms with Gasteiger partial charge in [-0.05, 0) is 31.2 Å². The molecule has 26 heavy (non-hydrogen) atoms. The van der Waals surface area contributed by atoms with Crippen LogP contribution in [0.2, 0.25) is 0 Å². The van der Waals surface area contributed by atoms with E-state index in [1.165, 1.54) is 16.9 Å². The molecule has 4 rings (SSSR count). The number of benzene rings is 2. The van der Waals surface area contributed by atoms with Crippen molar-refractivity contribution in [2.45, 2.75) is 6.92 Å². The summed E-state index contributed by atoms with van der Waals surface area (Å²) >= 11 is 1.39. The minimum Gasteiger partial charge on any atom is -0.321 e. The highest BCUT2D eigenvalue weighted by molar-refractivity contribution is 7.07. The van der Waals surface area contributed by atoms with E-state index in [1.807, 2.05) is 55.5 Å². The van der Waals surface area contributed by atoms with Crippen molar-refractivity contribution in [1.82, 2.24) is 20.2 Å². The lowest BCUT2D eigenvalue weighted by molar-refractivity contribution is 0.102. The van der Waals surface area contributed by atoms with Gasteiger partial charge in [0.2, 0.25) is 0 Å². The van der Waals surface area contributed by atoms with Gasteiger partial charge in [-0.25, -0.2) is 9.97 Å². The molecule has 0 atom stereocenters. The lowest BCUT2D eigenvalue weighted by atomic mass is 10.1. The van der Waals surface area contributed by atoms with Crippen molar-refractivity contribution < 1.29 is 4.79 Å². The predicted molar refractivity (Wildman–Crippen MR) is 102 cm³/mol. The van der Waals surface area contributed by atoms with E-state index in [2.05, 4.69) is 25.5 Å². The van der Waals surface area contributed by atoms with Crippen LogP contribution in [0.1, 0.15) is 16.1 Å². The van der Waals surface area contributed by atoms with Crippen molar-refractivity contribution in [3.8, 4) is 22.8 Å². The summed E-state index contributed by atoms with van der Waals surface area (Å²) in [6.45, 7) is 2.05. The number of hydrogen-bond acceptors (Lipinski definition) is 5. The summed E-state index contributed by atoms with van der Waals surface area (Å²) in [5.74, 6) is 1.11. The van der Waals surface area contributed by atoms with Gasteiger partial charge in [-0.15, -0.1) is 11.3 Å². The zero-order valence-corrected chi connectivity index (χ0v) is 14.7. The first kappa shape index (κ1) is 16.2. The number of aromatic nitrogens is 4. The Hall–Kier alpha value is -3.32. The zero-order valence-electron chi connectivity index (χ0n) is 13.9. The Bertz CT molecular complexity index is 1020. The summed E-state index contributed by atoms with van der Waals surface area (Å²) in [5.41, 5.74) is 5.79. The molecular weight excluding hydrogens is 346 g/mol. The molecular formula is C19H15N5OS. The minimum atomic E-state index is -0.224. The van der Waals surface area contributed by atoms with Crippen molar-refractivity contribution in [2.24, 2.45) is 0 Å². The first-order chi connectivity index (χ1) is 12.7. The number of H-pyrrole nitrogens is 1. The molecule has 0 fully saturated rings. The molecule has 4 aromatic rings. The van der Waals surface area contributed by atoms with Gasteiger partial charge in [0.15, 0.2) is 11.6 Å². The van der Waals surface area contributed by atoms with Crippen molar-refractivity contribution in [2.75, 3.05) is 5.32 Å².